The minimum atomic E-state index is -2.86. The van der Waals surface area contributed by atoms with E-state index in [0.29, 0.717) is 29.5 Å². The first-order valence-electron chi connectivity index (χ1n) is 8.72. The molecule has 0 aliphatic carbocycles. The van der Waals surface area contributed by atoms with Gasteiger partial charge in [0.15, 0.2) is 5.13 Å². The largest absolute Gasteiger partial charge is 0.497 e. The van der Waals surface area contributed by atoms with Gasteiger partial charge in [-0.15, -0.1) is 11.3 Å². The van der Waals surface area contributed by atoms with Crippen LogP contribution in [0.5, 0.6) is 11.5 Å². The molecule has 0 bridgehead atoms. The average molecular weight is 419 g/mol. The molecule has 152 valence electrons. The molecule has 0 unspecified atom stereocenters. The molecule has 0 radical (unpaired) electrons. The molecule has 2 N–H and O–H groups in total. The second-order valence-electron chi connectivity index (χ2n) is 5.92. The van der Waals surface area contributed by atoms with Gasteiger partial charge in [-0.05, 0) is 48.4 Å². The zero-order valence-electron chi connectivity index (χ0n) is 15.5. The highest BCUT2D eigenvalue weighted by Gasteiger charge is 2.11. The van der Waals surface area contributed by atoms with Crippen LogP contribution in [0.2, 0.25) is 0 Å². The molecule has 0 saturated carbocycles. The predicted molar refractivity (Wildman–Crippen MR) is 108 cm³/mol. The molecule has 0 aliphatic heterocycles. The predicted octanol–water partition coefficient (Wildman–Crippen LogP) is 4.47. The van der Waals surface area contributed by atoms with Crippen LogP contribution in [-0.4, -0.2) is 31.2 Å². The Labute approximate surface area is 170 Å². The van der Waals surface area contributed by atoms with Crippen LogP contribution in [0, 0.1) is 0 Å². The Balaban J connectivity index is 1.50. The number of thiazole rings is 1. The molecule has 0 aliphatic rings. The number of hydrogen-bond acceptors (Lipinski definition) is 6. The second kappa shape index (κ2) is 9.83. The maximum atomic E-state index is 12.3. The molecule has 29 heavy (non-hydrogen) atoms. The molecule has 1 aromatic heterocycles. The van der Waals surface area contributed by atoms with Gasteiger partial charge in [-0.1, -0.05) is 12.1 Å². The molecule has 6 nitrogen and oxygen atoms in total. The number of amides is 1. The summed E-state index contributed by atoms with van der Waals surface area (Å²) in [6.07, 6.45) is 0.672. The summed E-state index contributed by atoms with van der Waals surface area (Å²) in [4.78, 5) is 16.5. The standard InChI is InChI=1S/C20H19F2N3O3S/c1-27-16-4-2-3-13(11-16)9-10-23-18(26)17-12-29-20(25-17)24-14-5-7-15(8-6-14)28-19(21)22/h2-8,11-12,19H,9-10H2,1H3,(H,23,26)(H,24,25). The van der Waals surface area contributed by atoms with Crippen LogP contribution >= 0.6 is 11.3 Å². The quantitative estimate of drug-likeness (QED) is 0.536. The highest BCUT2D eigenvalue weighted by Crippen LogP contribution is 2.23. The third-order valence-electron chi connectivity index (χ3n) is 3.90. The van der Waals surface area contributed by atoms with E-state index in [9.17, 15) is 13.6 Å². The zero-order valence-corrected chi connectivity index (χ0v) is 16.3. The number of alkyl halides is 2. The lowest BCUT2D eigenvalue weighted by Crippen LogP contribution is -2.26. The van der Waals surface area contributed by atoms with Crippen molar-refractivity contribution in [3.8, 4) is 11.5 Å². The first-order valence-corrected chi connectivity index (χ1v) is 9.60. The molecule has 2 aromatic carbocycles. The monoisotopic (exact) mass is 419 g/mol. The normalized spacial score (nSPS) is 10.6. The summed E-state index contributed by atoms with van der Waals surface area (Å²) in [6.45, 7) is -2.39. The molecule has 1 heterocycles. The van der Waals surface area contributed by atoms with Gasteiger partial charge in [-0.2, -0.15) is 8.78 Å². The number of halogens is 2. The molecular weight excluding hydrogens is 400 g/mol. The van der Waals surface area contributed by atoms with E-state index in [1.165, 1.54) is 23.5 Å². The van der Waals surface area contributed by atoms with Gasteiger partial charge in [0, 0.05) is 17.6 Å². The summed E-state index contributed by atoms with van der Waals surface area (Å²) in [5.74, 6) is 0.580. The van der Waals surface area contributed by atoms with Crippen molar-refractivity contribution in [1.82, 2.24) is 10.3 Å². The summed E-state index contributed by atoms with van der Waals surface area (Å²) >= 11 is 1.27. The van der Waals surface area contributed by atoms with Crippen molar-refractivity contribution < 1.29 is 23.0 Å². The highest BCUT2D eigenvalue weighted by atomic mass is 32.1. The Hall–Kier alpha value is -3.20. The van der Waals surface area contributed by atoms with Gasteiger partial charge in [0.05, 0.1) is 7.11 Å². The summed E-state index contributed by atoms with van der Waals surface area (Å²) in [5.41, 5.74) is 2.01. The maximum Gasteiger partial charge on any atom is 0.387 e. The van der Waals surface area contributed by atoms with Crippen LogP contribution < -0.4 is 20.1 Å². The lowest BCUT2D eigenvalue weighted by Gasteiger charge is -2.06. The van der Waals surface area contributed by atoms with Crippen molar-refractivity contribution in [2.75, 3.05) is 19.0 Å². The lowest BCUT2D eigenvalue weighted by molar-refractivity contribution is -0.0498. The number of rotatable bonds is 9. The number of methoxy groups -OCH3 is 1. The number of benzene rings is 2. The van der Waals surface area contributed by atoms with E-state index in [1.807, 2.05) is 24.3 Å². The molecule has 9 heteroatoms. The molecule has 0 saturated heterocycles. The molecule has 3 aromatic rings. The fraction of sp³-hybridized carbons (Fsp3) is 0.200. The molecule has 1 amide bonds. The van der Waals surface area contributed by atoms with E-state index in [-0.39, 0.29) is 11.7 Å². The zero-order chi connectivity index (χ0) is 20.6. The Morgan fingerprint density at radius 1 is 1.17 bits per heavy atom. The van der Waals surface area contributed by atoms with Crippen LogP contribution in [0.15, 0.2) is 53.9 Å². The maximum absolute atomic E-state index is 12.3. The van der Waals surface area contributed by atoms with Gasteiger partial charge in [-0.25, -0.2) is 4.98 Å². The lowest BCUT2D eigenvalue weighted by atomic mass is 10.1. The van der Waals surface area contributed by atoms with Crippen LogP contribution in [0.4, 0.5) is 19.6 Å². The van der Waals surface area contributed by atoms with E-state index in [0.717, 1.165) is 11.3 Å². The SMILES string of the molecule is COc1cccc(CCNC(=O)c2csc(Nc3ccc(OC(F)F)cc3)n2)c1. The minimum absolute atomic E-state index is 0.0702. The van der Waals surface area contributed by atoms with Crippen LogP contribution in [0.1, 0.15) is 16.1 Å². The Bertz CT molecular complexity index is 948. The molecule has 0 atom stereocenters. The fourth-order valence-corrected chi connectivity index (χ4v) is 3.23. The van der Waals surface area contributed by atoms with Gasteiger partial charge >= 0.3 is 6.61 Å². The van der Waals surface area contributed by atoms with Gasteiger partial charge in [0.25, 0.3) is 5.91 Å². The van der Waals surface area contributed by atoms with Crippen molar-refractivity contribution in [2.24, 2.45) is 0 Å². The number of hydrogen-bond donors (Lipinski definition) is 2. The first kappa shape index (κ1) is 20.5. The Morgan fingerprint density at radius 3 is 2.69 bits per heavy atom. The van der Waals surface area contributed by atoms with Gasteiger partial charge in [-0.3, -0.25) is 4.79 Å². The number of nitrogens with zero attached hydrogens (tertiary/aromatic N) is 1. The van der Waals surface area contributed by atoms with E-state index in [2.05, 4.69) is 20.4 Å². The highest BCUT2D eigenvalue weighted by molar-refractivity contribution is 7.14. The smallest absolute Gasteiger partial charge is 0.387 e. The third-order valence-corrected chi connectivity index (χ3v) is 4.66. The Kier molecular flexibility index (Phi) is 6.96. The minimum Gasteiger partial charge on any atom is -0.497 e. The number of anilines is 2. The molecule has 3 rings (SSSR count). The van der Waals surface area contributed by atoms with E-state index in [4.69, 9.17) is 4.74 Å². The van der Waals surface area contributed by atoms with Crippen molar-refractivity contribution in [2.45, 2.75) is 13.0 Å². The van der Waals surface area contributed by atoms with Crippen LogP contribution in [-0.2, 0) is 6.42 Å². The fourth-order valence-electron chi connectivity index (χ4n) is 2.52. The van der Waals surface area contributed by atoms with Crippen molar-refractivity contribution >= 4 is 28.1 Å². The van der Waals surface area contributed by atoms with Crippen LogP contribution in [0.25, 0.3) is 0 Å². The van der Waals surface area contributed by atoms with E-state index < -0.39 is 6.61 Å². The second-order valence-corrected chi connectivity index (χ2v) is 6.78. The number of carbonyl (C=O) groups is 1. The van der Waals surface area contributed by atoms with Gasteiger partial charge in [0.1, 0.15) is 17.2 Å². The first-order chi connectivity index (χ1) is 14.0. The summed E-state index contributed by atoms with van der Waals surface area (Å²) < 4.78 is 33.8. The van der Waals surface area contributed by atoms with Crippen LogP contribution in [0.3, 0.4) is 0 Å². The topological polar surface area (TPSA) is 72.5 Å². The number of ether oxygens (including phenoxy) is 2. The van der Waals surface area contributed by atoms with Crippen molar-refractivity contribution in [3.05, 3.63) is 65.2 Å². The molecule has 0 spiro atoms. The summed E-state index contributed by atoms with van der Waals surface area (Å²) in [6, 6.07) is 13.7. The molecule has 0 fully saturated rings. The van der Waals surface area contributed by atoms with E-state index in [1.54, 1.807) is 24.6 Å². The average Bonchev–Trinajstić information content (AvgIpc) is 3.18. The van der Waals surface area contributed by atoms with Gasteiger partial charge in [0.2, 0.25) is 0 Å². The number of carbonyl (C=O) groups excluding carboxylic acids is 1. The molecular formula is C20H19F2N3O3S. The van der Waals surface area contributed by atoms with Gasteiger partial charge < -0.3 is 20.1 Å². The Morgan fingerprint density at radius 2 is 1.97 bits per heavy atom. The summed E-state index contributed by atoms with van der Waals surface area (Å²) in [5, 5.41) is 8.03. The number of aromatic nitrogens is 1. The van der Waals surface area contributed by atoms with Crippen molar-refractivity contribution in [1.29, 1.82) is 0 Å². The number of nitrogens with one attached hydrogen (secondary N) is 2. The van der Waals surface area contributed by atoms with E-state index >= 15 is 0 Å². The van der Waals surface area contributed by atoms with Crippen molar-refractivity contribution in [3.63, 3.8) is 0 Å². The summed E-state index contributed by atoms with van der Waals surface area (Å²) in [7, 11) is 1.61. The third kappa shape index (κ3) is 6.15.